The van der Waals surface area contributed by atoms with Crippen LogP contribution in [0.1, 0.15) is 39.5 Å². The molecule has 0 radical (unpaired) electrons. The van der Waals surface area contributed by atoms with Gasteiger partial charge >= 0.3 is 5.97 Å². The maximum Gasteiger partial charge on any atom is 0.341 e. The van der Waals surface area contributed by atoms with Crippen LogP contribution in [0, 0.1) is 0 Å². The monoisotopic (exact) mass is 563 g/mol. The number of carbonyl (C=O) groups is 2. The molecule has 0 atom stereocenters. The third-order valence-electron chi connectivity index (χ3n) is 6.38. The molecule has 0 saturated heterocycles. The number of methoxy groups -OCH3 is 2. The number of aromatic nitrogens is 3. The standard InChI is InChI=1S/C28H29N5O4S2/c1-36-20-13-11-18(12-14-20)29-17-23-31-32-28(33(23)19-7-4-3-5-8-19)38-16-15-24(34)30-26-25(27(35)37-2)21-9-6-10-22(21)39-26/h3-5,7-8,11-14,29H,6,9-10,15-17H2,1-2H3,(H,30,34). The van der Waals surface area contributed by atoms with Gasteiger partial charge in [0.05, 0.1) is 26.3 Å². The fourth-order valence-corrected chi connectivity index (χ4v) is 6.67. The van der Waals surface area contributed by atoms with Crippen LogP contribution in [0.5, 0.6) is 5.75 Å². The minimum atomic E-state index is -0.397. The molecular formula is C28H29N5O4S2. The van der Waals surface area contributed by atoms with Crippen molar-refractivity contribution in [2.24, 2.45) is 0 Å². The zero-order valence-electron chi connectivity index (χ0n) is 21.7. The van der Waals surface area contributed by atoms with Crippen LogP contribution in [-0.4, -0.2) is 46.6 Å². The average Bonchev–Trinajstić information content (AvgIpc) is 3.67. The first kappa shape index (κ1) is 26.8. The molecule has 9 nitrogen and oxygen atoms in total. The zero-order chi connectivity index (χ0) is 27.2. The number of hydrogen-bond donors (Lipinski definition) is 2. The topological polar surface area (TPSA) is 107 Å². The maximum absolute atomic E-state index is 12.8. The lowest BCUT2D eigenvalue weighted by Crippen LogP contribution is -2.15. The summed E-state index contributed by atoms with van der Waals surface area (Å²) in [6.45, 7) is 0.467. The molecule has 2 aromatic carbocycles. The van der Waals surface area contributed by atoms with Crippen molar-refractivity contribution in [3.8, 4) is 11.4 Å². The number of carbonyl (C=O) groups excluding carboxylic acids is 2. The molecular weight excluding hydrogens is 534 g/mol. The highest BCUT2D eigenvalue weighted by Crippen LogP contribution is 2.39. The third-order valence-corrected chi connectivity index (χ3v) is 8.52. The van der Waals surface area contributed by atoms with Crippen molar-refractivity contribution in [1.82, 2.24) is 14.8 Å². The van der Waals surface area contributed by atoms with E-state index in [9.17, 15) is 9.59 Å². The van der Waals surface area contributed by atoms with Gasteiger partial charge in [-0.05, 0) is 61.2 Å². The number of aryl methyl sites for hydroxylation is 1. The van der Waals surface area contributed by atoms with Crippen molar-refractivity contribution in [2.45, 2.75) is 37.4 Å². The second kappa shape index (κ2) is 12.4. The maximum atomic E-state index is 12.8. The van der Waals surface area contributed by atoms with Crippen molar-refractivity contribution in [3.63, 3.8) is 0 Å². The summed E-state index contributed by atoms with van der Waals surface area (Å²) in [4.78, 5) is 26.4. The number of nitrogens with zero attached hydrogens (tertiary/aromatic N) is 3. The Bertz CT molecular complexity index is 1450. The second-order valence-corrected chi connectivity index (χ2v) is 11.0. The van der Waals surface area contributed by atoms with Gasteiger partial charge in [-0.1, -0.05) is 30.0 Å². The lowest BCUT2D eigenvalue weighted by Gasteiger charge is -2.12. The molecule has 1 aliphatic carbocycles. The third kappa shape index (κ3) is 6.10. The second-order valence-electron chi connectivity index (χ2n) is 8.85. The van der Waals surface area contributed by atoms with Crippen molar-refractivity contribution in [2.75, 3.05) is 30.6 Å². The average molecular weight is 564 g/mol. The summed E-state index contributed by atoms with van der Waals surface area (Å²) in [5, 5.41) is 16.5. The van der Waals surface area contributed by atoms with Crippen LogP contribution in [0.15, 0.2) is 59.8 Å². The fraction of sp³-hybridized carbons (Fsp3) is 0.286. The first-order valence-electron chi connectivity index (χ1n) is 12.6. The summed E-state index contributed by atoms with van der Waals surface area (Å²) < 4.78 is 12.2. The number of hydrogen-bond acceptors (Lipinski definition) is 9. The Labute approximate surface area is 234 Å². The molecule has 0 saturated carbocycles. The molecule has 2 N–H and O–H groups in total. The zero-order valence-corrected chi connectivity index (χ0v) is 23.4. The predicted molar refractivity (Wildman–Crippen MR) is 153 cm³/mol. The Kier molecular flexibility index (Phi) is 8.48. The quantitative estimate of drug-likeness (QED) is 0.186. The van der Waals surface area contributed by atoms with Crippen molar-refractivity contribution in [3.05, 3.63) is 76.4 Å². The van der Waals surface area contributed by atoms with Gasteiger partial charge in [0.2, 0.25) is 5.91 Å². The van der Waals surface area contributed by atoms with E-state index in [2.05, 4.69) is 20.8 Å². The number of amides is 1. The molecule has 0 unspecified atom stereocenters. The highest BCUT2D eigenvalue weighted by atomic mass is 32.2. The number of rotatable bonds is 11. The number of esters is 1. The molecule has 0 aliphatic heterocycles. The van der Waals surface area contributed by atoms with E-state index in [1.54, 1.807) is 7.11 Å². The molecule has 0 fully saturated rings. The Hall–Kier alpha value is -3.83. The van der Waals surface area contributed by atoms with Gasteiger partial charge in [-0.15, -0.1) is 21.5 Å². The highest BCUT2D eigenvalue weighted by Gasteiger charge is 2.28. The largest absolute Gasteiger partial charge is 0.497 e. The van der Waals surface area contributed by atoms with Crippen LogP contribution in [0.25, 0.3) is 5.69 Å². The minimum Gasteiger partial charge on any atom is -0.497 e. The summed E-state index contributed by atoms with van der Waals surface area (Å²) in [7, 11) is 3.01. The number of ether oxygens (including phenoxy) is 2. The number of fused-ring (bicyclic) bond motifs is 1. The summed E-state index contributed by atoms with van der Waals surface area (Å²) in [6, 6.07) is 17.6. The van der Waals surface area contributed by atoms with Gasteiger partial charge in [0, 0.05) is 28.4 Å². The lowest BCUT2D eigenvalue weighted by molar-refractivity contribution is -0.115. The smallest absolute Gasteiger partial charge is 0.341 e. The van der Waals surface area contributed by atoms with Gasteiger partial charge in [0.15, 0.2) is 11.0 Å². The Morgan fingerprint density at radius 2 is 1.85 bits per heavy atom. The van der Waals surface area contributed by atoms with Gasteiger partial charge in [-0.3, -0.25) is 9.36 Å². The van der Waals surface area contributed by atoms with Crippen LogP contribution < -0.4 is 15.4 Å². The van der Waals surface area contributed by atoms with Crippen molar-refractivity contribution in [1.29, 1.82) is 0 Å². The molecule has 202 valence electrons. The van der Waals surface area contributed by atoms with Crippen LogP contribution in [0.2, 0.25) is 0 Å². The van der Waals surface area contributed by atoms with Crippen molar-refractivity contribution < 1.29 is 19.1 Å². The van der Waals surface area contributed by atoms with E-state index in [-0.39, 0.29) is 12.3 Å². The summed E-state index contributed by atoms with van der Waals surface area (Å²) >= 11 is 2.94. The number of nitrogens with one attached hydrogen (secondary N) is 2. The predicted octanol–water partition coefficient (Wildman–Crippen LogP) is 5.35. The van der Waals surface area contributed by atoms with Crippen LogP contribution in [-0.2, 0) is 28.9 Å². The minimum absolute atomic E-state index is 0.153. The van der Waals surface area contributed by atoms with E-state index in [0.29, 0.717) is 28.0 Å². The van der Waals surface area contributed by atoms with Gasteiger partial charge in [0.25, 0.3) is 0 Å². The summed E-state index contributed by atoms with van der Waals surface area (Å²) in [6.07, 6.45) is 3.05. The number of benzene rings is 2. The molecule has 0 spiro atoms. The Balaban J connectivity index is 1.25. The molecule has 2 aromatic heterocycles. The highest BCUT2D eigenvalue weighted by molar-refractivity contribution is 7.99. The molecule has 0 bridgehead atoms. The van der Waals surface area contributed by atoms with Crippen molar-refractivity contribution >= 4 is 45.7 Å². The van der Waals surface area contributed by atoms with E-state index in [4.69, 9.17) is 9.47 Å². The number of thiophene rings is 1. The Morgan fingerprint density at radius 3 is 2.59 bits per heavy atom. The molecule has 11 heteroatoms. The van der Waals surface area contributed by atoms with Crippen LogP contribution in [0.3, 0.4) is 0 Å². The fourth-order valence-electron chi connectivity index (χ4n) is 4.47. The molecule has 4 aromatic rings. The van der Waals surface area contributed by atoms with E-state index < -0.39 is 5.97 Å². The van der Waals surface area contributed by atoms with E-state index in [1.165, 1.54) is 30.2 Å². The SMILES string of the molecule is COC(=O)c1c(NC(=O)CCSc2nnc(CNc3ccc(OC)cc3)n2-c2ccccc2)sc2c1CCC2. The normalized spacial score (nSPS) is 12.2. The molecule has 1 amide bonds. The first-order chi connectivity index (χ1) is 19.1. The van der Waals surface area contributed by atoms with Crippen LogP contribution >= 0.6 is 23.1 Å². The van der Waals surface area contributed by atoms with Gasteiger partial charge in [-0.25, -0.2) is 4.79 Å². The van der Waals surface area contributed by atoms with E-state index >= 15 is 0 Å². The van der Waals surface area contributed by atoms with Gasteiger partial charge in [-0.2, -0.15) is 0 Å². The number of thioether (sulfide) groups is 1. The lowest BCUT2D eigenvalue weighted by atomic mass is 10.1. The summed E-state index contributed by atoms with van der Waals surface area (Å²) in [5.41, 5.74) is 3.41. The van der Waals surface area contributed by atoms with Crippen LogP contribution in [0.4, 0.5) is 10.7 Å². The molecule has 39 heavy (non-hydrogen) atoms. The summed E-state index contributed by atoms with van der Waals surface area (Å²) in [5.74, 6) is 1.49. The number of anilines is 2. The van der Waals surface area contributed by atoms with E-state index in [0.717, 1.165) is 52.7 Å². The van der Waals surface area contributed by atoms with Gasteiger partial charge < -0.3 is 20.1 Å². The molecule has 1 aliphatic rings. The van der Waals surface area contributed by atoms with Gasteiger partial charge in [0.1, 0.15) is 10.8 Å². The Morgan fingerprint density at radius 1 is 1.05 bits per heavy atom. The van der Waals surface area contributed by atoms with E-state index in [1.807, 2.05) is 59.2 Å². The molecule has 2 heterocycles. The first-order valence-corrected chi connectivity index (χ1v) is 14.4. The molecule has 5 rings (SSSR count). The number of para-hydroxylation sites is 1.